The maximum atomic E-state index is 11.8. The lowest BCUT2D eigenvalue weighted by Crippen LogP contribution is -2.36. The minimum atomic E-state index is -0.297. The van der Waals surface area contributed by atoms with E-state index in [2.05, 4.69) is 15.5 Å². The van der Waals surface area contributed by atoms with Gasteiger partial charge in [0.1, 0.15) is 12.4 Å². The van der Waals surface area contributed by atoms with Crippen molar-refractivity contribution in [2.24, 2.45) is 0 Å². The molecule has 1 N–H and O–H groups in total. The Labute approximate surface area is 125 Å². The van der Waals surface area contributed by atoms with Crippen LogP contribution in [0.4, 0.5) is 0 Å². The van der Waals surface area contributed by atoms with Gasteiger partial charge in [-0.15, -0.1) is 10.2 Å². The molecule has 1 atom stereocenters. The van der Waals surface area contributed by atoms with E-state index in [1.807, 2.05) is 38.1 Å². The van der Waals surface area contributed by atoms with Crippen molar-refractivity contribution in [3.05, 3.63) is 39.3 Å². The van der Waals surface area contributed by atoms with E-state index < -0.39 is 0 Å². The Kier molecular flexibility index (Phi) is 4.92. The number of ether oxygens (including phenoxy) is 1. The Hall–Kier alpha value is -1.66. The fraction of sp³-hybridized carbons (Fsp3) is 0.308. The van der Waals surface area contributed by atoms with Crippen LogP contribution < -0.4 is 10.1 Å². The van der Waals surface area contributed by atoms with Crippen molar-refractivity contribution in [2.45, 2.75) is 19.9 Å². The number of nitrogens with one attached hydrogen (secondary N) is 1. The van der Waals surface area contributed by atoms with E-state index in [9.17, 15) is 4.79 Å². The number of benzene rings is 1. The minimum Gasteiger partial charge on any atom is -0.491 e. The maximum Gasteiger partial charge on any atom is 0.282 e. The number of aromatic nitrogens is 2. The van der Waals surface area contributed by atoms with Crippen molar-refractivity contribution in [3.8, 4) is 5.75 Å². The quantitative estimate of drug-likeness (QED) is 0.922. The zero-order valence-electron chi connectivity index (χ0n) is 11.1. The first kappa shape index (κ1) is 14.7. The van der Waals surface area contributed by atoms with Crippen LogP contribution in [0.1, 0.15) is 22.3 Å². The second-order valence-electron chi connectivity index (χ2n) is 4.36. The van der Waals surface area contributed by atoms with E-state index in [1.165, 1.54) is 5.56 Å². The lowest BCUT2D eigenvalue weighted by Gasteiger charge is -2.14. The number of nitrogens with zero attached hydrogens (tertiary/aromatic N) is 2. The second kappa shape index (κ2) is 6.67. The summed E-state index contributed by atoms with van der Waals surface area (Å²) in [5.74, 6) is 0.477. The molecule has 0 aliphatic rings. The third kappa shape index (κ3) is 4.18. The molecule has 0 aliphatic heterocycles. The molecular formula is C13H14ClN3O2S. The molecule has 20 heavy (non-hydrogen) atoms. The minimum absolute atomic E-state index is 0.147. The topological polar surface area (TPSA) is 64.1 Å². The Morgan fingerprint density at radius 3 is 2.70 bits per heavy atom. The van der Waals surface area contributed by atoms with E-state index >= 15 is 0 Å². The van der Waals surface area contributed by atoms with Crippen LogP contribution in [0.3, 0.4) is 0 Å². The van der Waals surface area contributed by atoms with Gasteiger partial charge in [0.25, 0.3) is 5.91 Å². The van der Waals surface area contributed by atoms with Crippen LogP contribution in [0.2, 0.25) is 4.47 Å². The van der Waals surface area contributed by atoms with Gasteiger partial charge in [0.15, 0.2) is 0 Å². The van der Waals surface area contributed by atoms with Crippen molar-refractivity contribution in [3.63, 3.8) is 0 Å². The zero-order chi connectivity index (χ0) is 14.5. The molecule has 1 heterocycles. The van der Waals surface area contributed by atoms with Gasteiger partial charge < -0.3 is 10.1 Å². The Balaban J connectivity index is 1.82. The summed E-state index contributed by atoms with van der Waals surface area (Å²) in [7, 11) is 0. The Morgan fingerprint density at radius 1 is 1.40 bits per heavy atom. The first-order valence-corrected chi connectivity index (χ1v) is 7.23. The second-order valence-corrected chi connectivity index (χ2v) is 5.92. The predicted octanol–water partition coefficient (Wildman–Crippen LogP) is 2.70. The average molecular weight is 312 g/mol. The largest absolute Gasteiger partial charge is 0.491 e. The number of halogens is 1. The van der Waals surface area contributed by atoms with Crippen LogP contribution in [0.25, 0.3) is 0 Å². The number of carbonyl (C=O) groups is 1. The molecular weight excluding hydrogens is 298 g/mol. The first-order chi connectivity index (χ1) is 9.54. The summed E-state index contributed by atoms with van der Waals surface area (Å²) in [6, 6.07) is 7.60. The molecule has 2 rings (SSSR count). The van der Waals surface area contributed by atoms with Crippen LogP contribution in [0.15, 0.2) is 24.3 Å². The van der Waals surface area contributed by atoms with Crippen molar-refractivity contribution in [2.75, 3.05) is 6.61 Å². The van der Waals surface area contributed by atoms with E-state index in [-0.39, 0.29) is 21.4 Å². The van der Waals surface area contributed by atoms with E-state index in [4.69, 9.17) is 16.3 Å². The van der Waals surface area contributed by atoms with Crippen molar-refractivity contribution in [1.29, 1.82) is 0 Å². The molecule has 0 saturated heterocycles. The van der Waals surface area contributed by atoms with E-state index in [0.29, 0.717) is 6.61 Å². The van der Waals surface area contributed by atoms with E-state index in [1.54, 1.807) is 0 Å². The highest BCUT2D eigenvalue weighted by Gasteiger charge is 2.14. The van der Waals surface area contributed by atoms with Crippen LogP contribution in [0.5, 0.6) is 5.75 Å². The standard InChI is InChI=1S/C13H14ClN3O2S/c1-8-3-5-10(6-4-8)19-7-9(2)15-11(18)12-16-17-13(14)20-12/h3-6,9H,7H2,1-2H3,(H,15,18). The summed E-state index contributed by atoms with van der Waals surface area (Å²) in [5.41, 5.74) is 1.17. The molecule has 1 aromatic carbocycles. The average Bonchev–Trinajstić information content (AvgIpc) is 2.85. The number of rotatable bonds is 5. The molecule has 0 bridgehead atoms. The molecule has 0 fully saturated rings. The highest BCUT2D eigenvalue weighted by Crippen LogP contribution is 2.15. The number of hydrogen-bond donors (Lipinski definition) is 1. The lowest BCUT2D eigenvalue weighted by molar-refractivity contribution is 0.0925. The van der Waals surface area contributed by atoms with E-state index in [0.717, 1.165) is 17.1 Å². The monoisotopic (exact) mass is 311 g/mol. The molecule has 106 valence electrons. The number of amides is 1. The third-order valence-electron chi connectivity index (χ3n) is 2.49. The van der Waals surface area contributed by atoms with Gasteiger partial charge in [-0.25, -0.2) is 0 Å². The number of hydrogen-bond acceptors (Lipinski definition) is 5. The van der Waals surface area contributed by atoms with Gasteiger partial charge >= 0.3 is 0 Å². The zero-order valence-corrected chi connectivity index (χ0v) is 12.7. The van der Waals surface area contributed by atoms with Crippen LogP contribution in [-0.4, -0.2) is 28.8 Å². The fourth-order valence-corrected chi connectivity index (χ4v) is 2.21. The molecule has 1 unspecified atom stereocenters. The molecule has 0 spiro atoms. The van der Waals surface area contributed by atoms with Gasteiger partial charge in [-0.1, -0.05) is 29.0 Å². The van der Waals surface area contributed by atoms with Gasteiger partial charge in [-0.2, -0.15) is 0 Å². The van der Waals surface area contributed by atoms with Gasteiger partial charge in [0.05, 0.1) is 6.04 Å². The third-order valence-corrected chi connectivity index (χ3v) is 3.51. The molecule has 0 radical (unpaired) electrons. The molecule has 7 heteroatoms. The highest BCUT2D eigenvalue weighted by atomic mass is 35.5. The van der Waals surface area contributed by atoms with Crippen LogP contribution in [-0.2, 0) is 0 Å². The van der Waals surface area contributed by atoms with Crippen molar-refractivity contribution in [1.82, 2.24) is 15.5 Å². The Bertz CT molecular complexity index is 586. The molecule has 5 nitrogen and oxygen atoms in total. The number of aryl methyl sites for hydroxylation is 1. The fourth-order valence-electron chi connectivity index (χ4n) is 1.48. The Morgan fingerprint density at radius 2 is 2.10 bits per heavy atom. The molecule has 0 saturated carbocycles. The van der Waals surface area contributed by atoms with Gasteiger partial charge in [0, 0.05) is 0 Å². The summed E-state index contributed by atoms with van der Waals surface area (Å²) >= 11 is 6.68. The predicted molar refractivity (Wildman–Crippen MR) is 78.5 cm³/mol. The summed E-state index contributed by atoms with van der Waals surface area (Å²) < 4.78 is 5.84. The molecule has 2 aromatic rings. The van der Waals surface area contributed by atoms with Crippen LogP contribution in [0, 0.1) is 6.92 Å². The summed E-state index contributed by atoms with van der Waals surface area (Å²) in [6.07, 6.45) is 0. The lowest BCUT2D eigenvalue weighted by atomic mass is 10.2. The molecule has 0 aliphatic carbocycles. The summed E-state index contributed by atoms with van der Waals surface area (Å²) in [4.78, 5) is 11.8. The van der Waals surface area contributed by atoms with Gasteiger partial charge in [0.2, 0.25) is 9.47 Å². The summed E-state index contributed by atoms with van der Waals surface area (Å²) in [5, 5.41) is 10.3. The van der Waals surface area contributed by atoms with Crippen molar-refractivity contribution >= 4 is 28.8 Å². The van der Waals surface area contributed by atoms with Gasteiger partial charge in [-0.05, 0) is 37.6 Å². The van der Waals surface area contributed by atoms with Crippen LogP contribution >= 0.6 is 22.9 Å². The SMILES string of the molecule is Cc1ccc(OCC(C)NC(=O)c2nnc(Cl)s2)cc1. The van der Waals surface area contributed by atoms with Crippen molar-refractivity contribution < 1.29 is 9.53 Å². The molecule has 1 aromatic heterocycles. The first-order valence-electron chi connectivity index (χ1n) is 6.04. The number of carbonyl (C=O) groups excluding carboxylic acids is 1. The normalized spacial score (nSPS) is 11.9. The summed E-state index contributed by atoms with van der Waals surface area (Å²) in [6.45, 7) is 4.25. The van der Waals surface area contributed by atoms with Gasteiger partial charge in [-0.3, -0.25) is 4.79 Å². The maximum absolute atomic E-state index is 11.8. The molecule has 1 amide bonds. The highest BCUT2D eigenvalue weighted by molar-refractivity contribution is 7.17. The smallest absolute Gasteiger partial charge is 0.282 e.